The van der Waals surface area contributed by atoms with Crippen LogP contribution in [0.3, 0.4) is 0 Å². The molecule has 2 nitrogen and oxygen atoms in total. The zero-order valence-electron chi connectivity index (χ0n) is 9.13. The van der Waals surface area contributed by atoms with Gasteiger partial charge in [-0.1, -0.05) is 6.58 Å². The van der Waals surface area contributed by atoms with Crippen molar-refractivity contribution in [3.63, 3.8) is 0 Å². The van der Waals surface area contributed by atoms with Crippen LogP contribution in [0.4, 0.5) is 39.5 Å². The summed E-state index contributed by atoms with van der Waals surface area (Å²) in [7, 11) is 0. The number of halogens is 9. The van der Waals surface area contributed by atoms with Crippen molar-refractivity contribution < 1.29 is 49.0 Å². The topological polar surface area (TPSA) is 18.5 Å². The maximum Gasteiger partial charge on any atom is 0.433 e. The number of rotatable bonds is 7. The van der Waals surface area contributed by atoms with Gasteiger partial charge in [0.25, 0.3) is 0 Å². The predicted octanol–water partition coefficient (Wildman–Crippen LogP) is 3.94. The van der Waals surface area contributed by atoms with E-state index >= 15 is 0 Å². The summed E-state index contributed by atoms with van der Waals surface area (Å²) in [6, 6.07) is 0. The van der Waals surface area contributed by atoms with E-state index in [4.69, 9.17) is 0 Å². The second-order valence-electron chi connectivity index (χ2n) is 3.06. The van der Waals surface area contributed by atoms with Gasteiger partial charge in [-0.2, -0.15) is 35.1 Å². The second-order valence-corrected chi connectivity index (χ2v) is 3.06. The molecule has 0 bridgehead atoms. The average Bonchev–Trinajstić information content (AvgIpc) is 2.14. The molecular formula is C8H7F9O2. The number of alkyl halides is 8. The van der Waals surface area contributed by atoms with Crippen molar-refractivity contribution in [3.05, 3.63) is 12.4 Å². The summed E-state index contributed by atoms with van der Waals surface area (Å²) in [5.41, 5.74) is 0. The third kappa shape index (κ3) is 3.53. The lowest BCUT2D eigenvalue weighted by molar-refractivity contribution is -0.483. The molecule has 0 rings (SSSR count). The molecule has 0 unspecified atom stereocenters. The number of hydrogen-bond acceptors (Lipinski definition) is 2. The van der Waals surface area contributed by atoms with Crippen molar-refractivity contribution in [2.45, 2.75) is 31.2 Å². The van der Waals surface area contributed by atoms with Crippen LogP contribution in [0.5, 0.6) is 0 Å². The van der Waals surface area contributed by atoms with Gasteiger partial charge in [-0.15, -0.1) is 0 Å². The monoisotopic (exact) mass is 306 g/mol. The van der Waals surface area contributed by atoms with Gasteiger partial charge in [0.15, 0.2) is 5.83 Å². The molecule has 0 atom stereocenters. The molecule has 11 heteroatoms. The first-order valence-electron chi connectivity index (χ1n) is 4.41. The van der Waals surface area contributed by atoms with Crippen LogP contribution in [-0.4, -0.2) is 30.9 Å². The largest absolute Gasteiger partial charge is 0.433 e. The van der Waals surface area contributed by atoms with Crippen LogP contribution in [0, 0.1) is 0 Å². The first kappa shape index (κ1) is 18.0. The van der Waals surface area contributed by atoms with E-state index in [1.165, 1.54) is 0 Å². The Labute approximate surface area is 100 Å². The lowest BCUT2D eigenvalue weighted by atomic mass is 10.3. The highest BCUT2D eigenvalue weighted by Crippen LogP contribution is 2.49. The molecule has 0 aliphatic carbocycles. The molecule has 0 heterocycles. The molecule has 0 aromatic rings. The van der Waals surface area contributed by atoms with Gasteiger partial charge in [0.05, 0.1) is 6.61 Å². The molecule has 0 saturated heterocycles. The summed E-state index contributed by atoms with van der Waals surface area (Å²) in [6.07, 6.45) is -17.8. The summed E-state index contributed by atoms with van der Waals surface area (Å²) in [4.78, 5) is 0. The van der Waals surface area contributed by atoms with Gasteiger partial charge in [0.1, 0.15) is 0 Å². The summed E-state index contributed by atoms with van der Waals surface area (Å²) >= 11 is 0. The van der Waals surface area contributed by atoms with Gasteiger partial charge in [-0.3, -0.25) is 0 Å². The van der Waals surface area contributed by atoms with Gasteiger partial charge < -0.3 is 4.74 Å². The highest BCUT2D eigenvalue weighted by Gasteiger charge is 2.76. The Balaban J connectivity index is 5.34. The van der Waals surface area contributed by atoms with Crippen LogP contribution in [0.15, 0.2) is 12.4 Å². The maximum absolute atomic E-state index is 12.7. The molecule has 0 aliphatic heterocycles. The summed E-state index contributed by atoms with van der Waals surface area (Å²) < 4.78 is 118. The third-order valence-electron chi connectivity index (χ3n) is 1.63. The van der Waals surface area contributed by atoms with Gasteiger partial charge in [0.2, 0.25) is 0 Å². The van der Waals surface area contributed by atoms with E-state index in [-0.39, 0.29) is 0 Å². The molecule has 0 saturated carbocycles. The van der Waals surface area contributed by atoms with Crippen molar-refractivity contribution in [1.29, 1.82) is 0 Å². The Morgan fingerprint density at radius 2 is 1.37 bits per heavy atom. The van der Waals surface area contributed by atoms with Crippen LogP contribution < -0.4 is 0 Å². The van der Waals surface area contributed by atoms with Crippen LogP contribution in [-0.2, 0) is 9.47 Å². The van der Waals surface area contributed by atoms with E-state index in [1.807, 2.05) is 6.58 Å². The fraction of sp³-hybridized carbons (Fsp3) is 0.750. The van der Waals surface area contributed by atoms with Crippen LogP contribution in [0.25, 0.3) is 0 Å². The zero-order valence-corrected chi connectivity index (χ0v) is 9.13. The van der Waals surface area contributed by atoms with E-state index in [0.29, 0.717) is 0 Å². The third-order valence-corrected chi connectivity index (χ3v) is 1.63. The minimum atomic E-state index is -6.46. The molecule has 0 radical (unpaired) electrons. The summed E-state index contributed by atoms with van der Waals surface area (Å²) in [6.45, 7) is 1.50. The van der Waals surface area contributed by atoms with Crippen molar-refractivity contribution in [1.82, 2.24) is 0 Å². The molecule has 0 aromatic carbocycles. The van der Waals surface area contributed by atoms with Gasteiger partial charge >= 0.3 is 24.2 Å². The van der Waals surface area contributed by atoms with Crippen molar-refractivity contribution >= 4 is 0 Å². The molecule has 0 N–H and O–H groups in total. The van der Waals surface area contributed by atoms with Crippen LogP contribution >= 0.6 is 0 Å². The molecule has 0 aromatic heterocycles. The molecule has 0 aliphatic rings. The lowest BCUT2D eigenvalue weighted by Crippen LogP contribution is -2.58. The van der Waals surface area contributed by atoms with Gasteiger partial charge in [-0.25, -0.2) is 9.13 Å². The Hall–Kier alpha value is -0.970. The first-order valence-corrected chi connectivity index (χ1v) is 4.41. The fourth-order valence-corrected chi connectivity index (χ4v) is 0.722. The van der Waals surface area contributed by atoms with Crippen molar-refractivity contribution in [2.24, 2.45) is 0 Å². The second kappa shape index (κ2) is 5.19. The first-order chi connectivity index (χ1) is 8.21. The number of ether oxygens (including phenoxy) is 2. The highest BCUT2D eigenvalue weighted by atomic mass is 19.4. The summed E-state index contributed by atoms with van der Waals surface area (Å²) in [5, 5.41) is 0. The van der Waals surface area contributed by atoms with Crippen LogP contribution in [0.1, 0.15) is 6.92 Å². The molecule has 0 fully saturated rings. The fourth-order valence-electron chi connectivity index (χ4n) is 0.722. The quantitative estimate of drug-likeness (QED) is 0.663. The number of hydrogen-bond donors (Lipinski definition) is 0. The molecular weight excluding hydrogens is 299 g/mol. The summed E-state index contributed by atoms with van der Waals surface area (Å²) in [5.74, 6) is -9.32. The van der Waals surface area contributed by atoms with Crippen molar-refractivity contribution in [3.8, 4) is 0 Å². The highest BCUT2D eigenvalue weighted by molar-refractivity contribution is 4.94. The normalized spacial score (nSPS) is 14.6. The van der Waals surface area contributed by atoms with E-state index in [9.17, 15) is 39.5 Å². The molecule has 0 amide bonds. The molecule has 19 heavy (non-hydrogen) atoms. The Morgan fingerprint density at radius 3 is 1.68 bits per heavy atom. The van der Waals surface area contributed by atoms with Crippen LogP contribution in [0.2, 0.25) is 0 Å². The van der Waals surface area contributed by atoms with Gasteiger partial charge in [-0.05, 0) is 6.92 Å². The minimum Gasteiger partial charge on any atom is -0.316 e. The Bertz CT molecular complexity index is 339. The standard InChI is InChI=1S/C8H7F9O2/c1-3-18-7(14,15)6(12,13)8(16,17)19-5(10,11)4(2)9/h2-3H2,1H3. The minimum absolute atomic E-state index is 0.765. The predicted molar refractivity (Wildman–Crippen MR) is 42.7 cm³/mol. The van der Waals surface area contributed by atoms with E-state index < -0.39 is 36.7 Å². The van der Waals surface area contributed by atoms with E-state index in [1.54, 1.807) is 0 Å². The lowest BCUT2D eigenvalue weighted by Gasteiger charge is -2.32. The maximum atomic E-state index is 12.7. The molecule has 114 valence electrons. The SMILES string of the molecule is C=C(F)C(F)(F)OC(F)(F)C(F)(F)C(F)(F)OCC. The Kier molecular flexibility index (Phi) is 4.93. The average molecular weight is 306 g/mol. The van der Waals surface area contributed by atoms with E-state index in [2.05, 4.69) is 9.47 Å². The Morgan fingerprint density at radius 1 is 0.947 bits per heavy atom. The van der Waals surface area contributed by atoms with E-state index in [0.717, 1.165) is 6.92 Å². The van der Waals surface area contributed by atoms with Gasteiger partial charge in [0, 0.05) is 0 Å². The smallest absolute Gasteiger partial charge is 0.316 e. The molecule has 0 spiro atoms. The van der Waals surface area contributed by atoms with Crippen molar-refractivity contribution in [2.75, 3.05) is 6.61 Å². The zero-order chi connectivity index (χ0) is 15.7.